The van der Waals surface area contributed by atoms with Crippen molar-refractivity contribution in [3.8, 4) is 0 Å². The number of quaternary nitrogens is 1. The van der Waals surface area contributed by atoms with E-state index in [0.29, 0.717) is 0 Å². The summed E-state index contributed by atoms with van der Waals surface area (Å²) in [5.74, 6) is -0.902. The third kappa shape index (κ3) is 4.29. The van der Waals surface area contributed by atoms with Gasteiger partial charge in [0.2, 0.25) is 0 Å². The summed E-state index contributed by atoms with van der Waals surface area (Å²) in [4.78, 5) is 13.2. The van der Waals surface area contributed by atoms with Crippen LogP contribution in [0.3, 0.4) is 0 Å². The summed E-state index contributed by atoms with van der Waals surface area (Å²) in [7, 11) is 0. The van der Waals surface area contributed by atoms with Crippen LogP contribution in [0.15, 0.2) is 24.3 Å². The number of hydrogen-bond acceptors (Lipinski definition) is 3. The Morgan fingerprint density at radius 3 is 2.89 bits per heavy atom. The van der Waals surface area contributed by atoms with E-state index in [4.69, 9.17) is 9.47 Å². The van der Waals surface area contributed by atoms with Crippen molar-refractivity contribution in [1.29, 1.82) is 0 Å². The number of halogens is 1. The summed E-state index contributed by atoms with van der Waals surface area (Å²) in [6.07, 6.45) is -0.191. The minimum atomic E-state index is -0.473. The van der Waals surface area contributed by atoms with Gasteiger partial charge in [0.15, 0.2) is 0 Å². The summed E-state index contributed by atoms with van der Waals surface area (Å²) in [6.45, 7) is 5.98. The Kier molecular flexibility index (Phi) is 4.87. The first-order valence-corrected chi connectivity index (χ1v) is 6.53. The molecule has 1 heterocycles. The van der Waals surface area contributed by atoms with Crippen LogP contribution < -0.4 is 4.90 Å². The Morgan fingerprint density at radius 1 is 1.47 bits per heavy atom. The van der Waals surface area contributed by atoms with Crippen LogP contribution in [-0.4, -0.2) is 44.9 Å². The molecule has 0 radical (unpaired) electrons. The van der Waals surface area contributed by atoms with Crippen molar-refractivity contribution in [3.05, 3.63) is 35.6 Å². The van der Waals surface area contributed by atoms with Gasteiger partial charge < -0.3 is 14.4 Å². The molecule has 0 spiro atoms. The minimum Gasteiger partial charge on any atom is -0.453 e. The molecule has 1 atom stereocenters. The number of hydrogen-bond donors (Lipinski definition) is 1. The van der Waals surface area contributed by atoms with Gasteiger partial charge in [-0.25, -0.2) is 9.18 Å². The van der Waals surface area contributed by atoms with Crippen molar-refractivity contribution < 1.29 is 23.6 Å². The molecule has 2 rings (SSSR count). The predicted octanol–water partition coefficient (Wildman–Crippen LogP) is 0.286. The largest absolute Gasteiger partial charge is 0.453 e. The fourth-order valence-electron chi connectivity index (χ4n) is 2.18. The first-order chi connectivity index (χ1) is 9.15. The fourth-order valence-corrected chi connectivity index (χ4v) is 2.18. The third-order valence-electron chi connectivity index (χ3n) is 3.14. The average Bonchev–Trinajstić information content (AvgIpc) is 2.39. The van der Waals surface area contributed by atoms with Gasteiger partial charge in [-0.05, 0) is 25.1 Å². The summed E-state index contributed by atoms with van der Waals surface area (Å²) >= 11 is 0. The lowest BCUT2D eigenvalue weighted by Gasteiger charge is -2.26. The van der Waals surface area contributed by atoms with Gasteiger partial charge in [0, 0.05) is 0 Å². The van der Waals surface area contributed by atoms with Crippen molar-refractivity contribution in [3.63, 3.8) is 0 Å². The van der Waals surface area contributed by atoms with Crippen molar-refractivity contribution in [2.45, 2.75) is 13.0 Å². The van der Waals surface area contributed by atoms with E-state index >= 15 is 0 Å². The highest BCUT2D eigenvalue weighted by Crippen LogP contribution is 2.06. The van der Waals surface area contributed by atoms with Crippen LogP contribution in [0.1, 0.15) is 17.3 Å². The molecule has 1 aliphatic rings. The summed E-state index contributed by atoms with van der Waals surface area (Å²) < 4.78 is 23.6. The Balaban J connectivity index is 1.84. The van der Waals surface area contributed by atoms with Crippen LogP contribution in [-0.2, 0) is 9.47 Å². The monoisotopic (exact) mass is 268 g/mol. The van der Waals surface area contributed by atoms with Crippen LogP contribution in [0.25, 0.3) is 0 Å². The Morgan fingerprint density at radius 2 is 2.21 bits per heavy atom. The lowest BCUT2D eigenvalue weighted by molar-refractivity contribution is -0.910. The van der Waals surface area contributed by atoms with E-state index in [1.54, 1.807) is 6.07 Å². The number of rotatable bonds is 4. The second-order valence-electron chi connectivity index (χ2n) is 4.79. The van der Waals surface area contributed by atoms with Crippen LogP contribution in [0.2, 0.25) is 0 Å². The van der Waals surface area contributed by atoms with Gasteiger partial charge in [0.25, 0.3) is 0 Å². The van der Waals surface area contributed by atoms with E-state index in [-0.39, 0.29) is 11.7 Å². The predicted molar refractivity (Wildman–Crippen MR) is 67.7 cm³/mol. The second kappa shape index (κ2) is 6.63. The first kappa shape index (κ1) is 14.0. The van der Waals surface area contributed by atoms with Crippen molar-refractivity contribution in [2.75, 3.05) is 32.8 Å². The van der Waals surface area contributed by atoms with E-state index in [0.717, 1.165) is 32.8 Å². The first-order valence-electron chi connectivity index (χ1n) is 6.53. The third-order valence-corrected chi connectivity index (χ3v) is 3.14. The van der Waals surface area contributed by atoms with E-state index < -0.39 is 11.8 Å². The van der Waals surface area contributed by atoms with E-state index in [9.17, 15) is 9.18 Å². The molecule has 0 saturated carbocycles. The molecule has 0 aromatic heterocycles. The number of esters is 1. The number of nitrogens with one attached hydrogen (secondary N) is 1. The van der Waals surface area contributed by atoms with Crippen molar-refractivity contribution in [1.82, 2.24) is 0 Å². The molecule has 1 fully saturated rings. The highest BCUT2D eigenvalue weighted by atomic mass is 19.1. The Bertz CT molecular complexity index is 432. The van der Waals surface area contributed by atoms with Gasteiger partial charge in [-0.1, -0.05) is 6.07 Å². The summed E-state index contributed by atoms with van der Waals surface area (Å²) in [5, 5.41) is 0. The van der Waals surface area contributed by atoms with E-state index in [2.05, 4.69) is 0 Å². The van der Waals surface area contributed by atoms with Gasteiger partial charge in [0.05, 0.1) is 18.8 Å². The zero-order chi connectivity index (χ0) is 13.7. The molecule has 0 bridgehead atoms. The quantitative estimate of drug-likeness (QED) is 0.798. The molecule has 0 amide bonds. The maximum Gasteiger partial charge on any atom is 0.338 e. The van der Waals surface area contributed by atoms with Crippen LogP contribution in [0.4, 0.5) is 4.39 Å². The Labute approximate surface area is 112 Å². The minimum absolute atomic E-state index is 0.191. The number of ether oxygens (including phenoxy) is 2. The number of benzene rings is 1. The molecule has 0 aliphatic carbocycles. The molecular weight excluding hydrogens is 249 g/mol. The maximum absolute atomic E-state index is 13.0. The molecule has 1 aromatic carbocycles. The summed E-state index contributed by atoms with van der Waals surface area (Å²) in [6, 6.07) is 5.55. The van der Waals surface area contributed by atoms with E-state index in [1.165, 1.54) is 23.1 Å². The second-order valence-corrected chi connectivity index (χ2v) is 4.79. The lowest BCUT2D eigenvalue weighted by Crippen LogP contribution is -3.15. The molecule has 0 unspecified atom stereocenters. The molecule has 4 nitrogen and oxygen atoms in total. The molecule has 1 aromatic rings. The number of morpholine rings is 1. The van der Waals surface area contributed by atoms with Crippen molar-refractivity contribution >= 4 is 5.97 Å². The zero-order valence-corrected chi connectivity index (χ0v) is 11.0. The molecule has 104 valence electrons. The van der Waals surface area contributed by atoms with Crippen LogP contribution >= 0.6 is 0 Å². The SMILES string of the molecule is C[C@H](C[NH+]1CCOCC1)OC(=O)c1cccc(F)c1. The van der Waals surface area contributed by atoms with Crippen LogP contribution in [0, 0.1) is 5.82 Å². The standard InChI is InChI=1S/C14H18FNO3/c1-11(10-16-5-7-18-8-6-16)19-14(17)12-3-2-4-13(15)9-12/h2-4,9,11H,5-8,10H2,1H3/p+1/t11-/m1/s1. The Hall–Kier alpha value is -1.46. The maximum atomic E-state index is 13.0. The topological polar surface area (TPSA) is 40.0 Å². The zero-order valence-electron chi connectivity index (χ0n) is 11.0. The number of carbonyl (C=O) groups is 1. The average molecular weight is 268 g/mol. The molecular formula is C14H19FNO3+. The highest BCUT2D eigenvalue weighted by molar-refractivity contribution is 5.89. The lowest BCUT2D eigenvalue weighted by atomic mass is 10.2. The summed E-state index contributed by atoms with van der Waals surface area (Å²) in [5.41, 5.74) is 0.254. The highest BCUT2D eigenvalue weighted by Gasteiger charge is 2.20. The molecule has 19 heavy (non-hydrogen) atoms. The van der Waals surface area contributed by atoms with Crippen LogP contribution in [0.5, 0.6) is 0 Å². The molecule has 1 N–H and O–H groups in total. The molecule has 5 heteroatoms. The van der Waals surface area contributed by atoms with E-state index in [1.807, 2.05) is 6.92 Å². The van der Waals surface area contributed by atoms with Gasteiger partial charge in [-0.15, -0.1) is 0 Å². The van der Waals surface area contributed by atoms with Gasteiger partial charge in [-0.2, -0.15) is 0 Å². The van der Waals surface area contributed by atoms with Crippen molar-refractivity contribution in [2.24, 2.45) is 0 Å². The normalized spacial score (nSPS) is 18.0. The fraction of sp³-hybridized carbons (Fsp3) is 0.500. The number of carbonyl (C=O) groups excluding carboxylic acids is 1. The van der Waals surface area contributed by atoms with Gasteiger partial charge in [0.1, 0.15) is 31.6 Å². The molecule has 1 saturated heterocycles. The van der Waals surface area contributed by atoms with Gasteiger partial charge in [-0.3, -0.25) is 0 Å². The smallest absolute Gasteiger partial charge is 0.338 e. The van der Waals surface area contributed by atoms with Gasteiger partial charge >= 0.3 is 5.97 Å². The molecule has 1 aliphatic heterocycles.